The summed E-state index contributed by atoms with van der Waals surface area (Å²) in [5.41, 5.74) is 1.68. The topological polar surface area (TPSA) is 29.5 Å². The molecule has 0 bridgehead atoms. The fraction of sp³-hybridized carbons (Fsp3) is 0.533. The van der Waals surface area contributed by atoms with Crippen molar-refractivity contribution in [3.8, 4) is 5.75 Å². The molecule has 0 saturated carbocycles. The van der Waals surface area contributed by atoms with E-state index in [1.54, 1.807) is 6.07 Å². The Labute approximate surface area is 119 Å². The van der Waals surface area contributed by atoms with Crippen LogP contribution in [0.4, 0.5) is 5.69 Å². The van der Waals surface area contributed by atoms with Gasteiger partial charge in [0.05, 0.1) is 18.1 Å². The van der Waals surface area contributed by atoms with E-state index in [-0.39, 0.29) is 17.8 Å². The van der Waals surface area contributed by atoms with Crippen LogP contribution in [-0.2, 0) is 0 Å². The third kappa shape index (κ3) is 3.03. The highest BCUT2D eigenvalue weighted by atomic mass is 35.5. The highest BCUT2D eigenvalue weighted by Crippen LogP contribution is 2.35. The molecule has 0 N–H and O–H groups in total. The van der Waals surface area contributed by atoms with Gasteiger partial charge in [-0.25, -0.2) is 0 Å². The maximum Gasteiger partial charge on any atom is 0.177 e. The highest BCUT2D eigenvalue weighted by molar-refractivity contribution is 6.30. The summed E-state index contributed by atoms with van der Waals surface area (Å²) in [5.74, 6) is 0.849. The lowest BCUT2D eigenvalue weighted by molar-refractivity contribution is 0.102. The van der Waals surface area contributed by atoms with Gasteiger partial charge in [-0.15, -0.1) is 11.6 Å². The van der Waals surface area contributed by atoms with E-state index in [0.29, 0.717) is 5.56 Å². The molecule has 1 aromatic carbocycles. The number of benzene rings is 1. The van der Waals surface area contributed by atoms with E-state index < -0.39 is 0 Å². The molecule has 0 radical (unpaired) electrons. The molecule has 1 aliphatic rings. The molecule has 0 aromatic heterocycles. The van der Waals surface area contributed by atoms with E-state index in [4.69, 9.17) is 16.3 Å². The summed E-state index contributed by atoms with van der Waals surface area (Å²) in [5, 5.41) is 0. The SMILES string of the molecule is CCCN1CC(CC)Oc2ccc(C(=O)CCl)cc21. The van der Waals surface area contributed by atoms with Gasteiger partial charge in [-0.3, -0.25) is 4.79 Å². The maximum absolute atomic E-state index is 11.7. The molecule has 4 heteroatoms. The zero-order valence-corrected chi connectivity index (χ0v) is 12.2. The van der Waals surface area contributed by atoms with Crippen molar-refractivity contribution in [1.29, 1.82) is 0 Å². The first-order valence-corrected chi connectivity index (χ1v) is 7.37. The van der Waals surface area contributed by atoms with Crippen LogP contribution in [0.15, 0.2) is 18.2 Å². The van der Waals surface area contributed by atoms with E-state index in [1.807, 2.05) is 12.1 Å². The summed E-state index contributed by atoms with van der Waals surface area (Å²) in [6.07, 6.45) is 2.29. The van der Waals surface area contributed by atoms with Crippen molar-refractivity contribution in [2.75, 3.05) is 23.9 Å². The van der Waals surface area contributed by atoms with Gasteiger partial charge < -0.3 is 9.64 Å². The van der Waals surface area contributed by atoms with Crippen LogP contribution in [0.25, 0.3) is 0 Å². The standard InChI is InChI=1S/C15H20ClNO2/c1-3-7-17-10-12(4-2)19-15-6-5-11(8-13(15)17)14(18)9-16/h5-6,8,12H,3-4,7,9-10H2,1-2H3. The zero-order chi connectivity index (χ0) is 13.8. The Morgan fingerprint density at radius 1 is 1.47 bits per heavy atom. The van der Waals surface area contributed by atoms with Gasteiger partial charge in [-0.05, 0) is 31.0 Å². The number of Topliss-reactive ketones (excluding diaryl/α,β-unsaturated/α-hetero) is 1. The molecule has 0 saturated heterocycles. The average Bonchev–Trinajstić information content (AvgIpc) is 2.46. The molecule has 0 fully saturated rings. The normalized spacial score (nSPS) is 17.8. The van der Waals surface area contributed by atoms with Gasteiger partial charge in [0.25, 0.3) is 0 Å². The van der Waals surface area contributed by atoms with E-state index in [2.05, 4.69) is 18.7 Å². The maximum atomic E-state index is 11.7. The number of hydrogen-bond acceptors (Lipinski definition) is 3. The molecule has 1 unspecified atom stereocenters. The summed E-state index contributed by atoms with van der Waals surface area (Å²) in [4.78, 5) is 14.0. The van der Waals surface area contributed by atoms with Gasteiger partial charge in [0.2, 0.25) is 0 Å². The van der Waals surface area contributed by atoms with Crippen molar-refractivity contribution in [1.82, 2.24) is 0 Å². The monoisotopic (exact) mass is 281 g/mol. The molecule has 0 amide bonds. The summed E-state index contributed by atoms with van der Waals surface area (Å²) in [7, 11) is 0. The first-order chi connectivity index (χ1) is 9.19. The number of ether oxygens (including phenoxy) is 1. The van der Waals surface area contributed by atoms with E-state index in [0.717, 1.165) is 37.4 Å². The second-order valence-corrected chi connectivity index (χ2v) is 5.10. The minimum absolute atomic E-state index is 0.0189. The first kappa shape index (κ1) is 14.2. The van der Waals surface area contributed by atoms with Gasteiger partial charge in [0, 0.05) is 12.1 Å². The lowest BCUT2D eigenvalue weighted by Gasteiger charge is -2.36. The summed E-state index contributed by atoms with van der Waals surface area (Å²) in [6.45, 7) is 6.15. The number of ketones is 1. The number of rotatable bonds is 5. The van der Waals surface area contributed by atoms with Gasteiger partial charge >= 0.3 is 0 Å². The summed E-state index contributed by atoms with van der Waals surface area (Å²) >= 11 is 5.62. The van der Waals surface area contributed by atoms with E-state index >= 15 is 0 Å². The quantitative estimate of drug-likeness (QED) is 0.611. The van der Waals surface area contributed by atoms with Crippen molar-refractivity contribution in [2.24, 2.45) is 0 Å². The molecule has 19 heavy (non-hydrogen) atoms. The van der Waals surface area contributed by atoms with Crippen LogP contribution < -0.4 is 9.64 Å². The van der Waals surface area contributed by atoms with Crippen LogP contribution in [0.5, 0.6) is 5.75 Å². The number of hydrogen-bond donors (Lipinski definition) is 0. The van der Waals surface area contributed by atoms with Crippen molar-refractivity contribution in [2.45, 2.75) is 32.8 Å². The van der Waals surface area contributed by atoms with Crippen LogP contribution in [0, 0.1) is 0 Å². The molecule has 0 aliphatic carbocycles. The minimum atomic E-state index is -0.0430. The van der Waals surface area contributed by atoms with Crippen molar-refractivity contribution in [3.05, 3.63) is 23.8 Å². The van der Waals surface area contributed by atoms with Crippen LogP contribution in [0.1, 0.15) is 37.0 Å². The highest BCUT2D eigenvalue weighted by Gasteiger charge is 2.24. The Morgan fingerprint density at radius 2 is 2.26 bits per heavy atom. The van der Waals surface area contributed by atoms with Crippen LogP contribution >= 0.6 is 11.6 Å². The lowest BCUT2D eigenvalue weighted by atomic mass is 10.1. The number of carbonyl (C=O) groups is 1. The summed E-state index contributed by atoms with van der Waals surface area (Å²) < 4.78 is 5.94. The molecule has 2 rings (SSSR count). The number of fused-ring (bicyclic) bond motifs is 1. The number of halogens is 1. The second-order valence-electron chi connectivity index (χ2n) is 4.83. The molecule has 3 nitrogen and oxygen atoms in total. The van der Waals surface area contributed by atoms with Gasteiger partial charge in [-0.1, -0.05) is 13.8 Å². The van der Waals surface area contributed by atoms with E-state index in [1.165, 1.54) is 0 Å². The Balaban J connectivity index is 2.34. The number of nitrogens with zero attached hydrogens (tertiary/aromatic N) is 1. The number of anilines is 1. The van der Waals surface area contributed by atoms with Crippen LogP contribution in [-0.4, -0.2) is 30.9 Å². The third-order valence-corrected chi connectivity index (χ3v) is 3.65. The van der Waals surface area contributed by atoms with Crippen molar-refractivity contribution >= 4 is 23.1 Å². The Kier molecular flexibility index (Phi) is 4.70. The van der Waals surface area contributed by atoms with Crippen molar-refractivity contribution < 1.29 is 9.53 Å². The molecule has 0 spiro atoms. The van der Waals surface area contributed by atoms with E-state index in [9.17, 15) is 4.79 Å². The van der Waals surface area contributed by atoms with Crippen LogP contribution in [0.3, 0.4) is 0 Å². The van der Waals surface area contributed by atoms with Crippen molar-refractivity contribution in [3.63, 3.8) is 0 Å². The first-order valence-electron chi connectivity index (χ1n) is 6.84. The van der Waals surface area contributed by atoms with Crippen LogP contribution in [0.2, 0.25) is 0 Å². The number of carbonyl (C=O) groups excluding carboxylic acids is 1. The largest absolute Gasteiger partial charge is 0.486 e. The smallest absolute Gasteiger partial charge is 0.177 e. The second kappa shape index (κ2) is 6.29. The molecule has 1 aromatic rings. The minimum Gasteiger partial charge on any atom is -0.486 e. The van der Waals surface area contributed by atoms with Gasteiger partial charge in [0.15, 0.2) is 5.78 Å². The lowest BCUT2D eigenvalue weighted by Crippen LogP contribution is -2.40. The third-order valence-electron chi connectivity index (χ3n) is 3.41. The van der Waals surface area contributed by atoms with Gasteiger partial charge in [-0.2, -0.15) is 0 Å². The molecular formula is C15H20ClNO2. The molecular weight excluding hydrogens is 262 g/mol. The Morgan fingerprint density at radius 3 is 2.89 bits per heavy atom. The molecule has 104 valence electrons. The Bertz CT molecular complexity index is 461. The molecule has 1 atom stereocenters. The predicted octanol–water partition coefficient (Wildman–Crippen LogP) is 3.50. The molecule has 1 heterocycles. The predicted molar refractivity (Wildman–Crippen MR) is 78.7 cm³/mol. The fourth-order valence-electron chi connectivity index (χ4n) is 2.37. The summed E-state index contributed by atoms with van der Waals surface area (Å²) in [6, 6.07) is 5.59. The average molecular weight is 282 g/mol. The Hall–Kier alpha value is -1.22. The number of alkyl halides is 1. The van der Waals surface area contributed by atoms with Gasteiger partial charge in [0.1, 0.15) is 11.9 Å². The molecule has 1 aliphatic heterocycles. The fourth-order valence-corrected chi connectivity index (χ4v) is 2.52. The zero-order valence-electron chi connectivity index (χ0n) is 11.5.